The fourth-order valence-electron chi connectivity index (χ4n) is 14.2. The van der Waals surface area contributed by atoms with E-state index in [4.69, 9.17) is 116 Å². The lowest BCUT2D eigenvalue weighted by Gasteiger charge is -2.45. The second-order valence-electron chi connectivity index (χ2n) is 33.9. The number of hydrogen-bond donors (Lipinski definition) is 5. The summed E-state index contributed by atoms with van der Waals surface area (Å²) in [4.78, 5) is 111. The second-order valence-corrected chi connectivity index (χ2v) is 36.9. The number of nitriles is 1. The lowest BCUT2D eigenvalue weighted by atomic mass is 9.70. The van der Waals surface area contributed by atoms with E-state index in [0.29, 0.717) is 154 Å². The molecule has 0 spiro atoms. The molecule has 1 unspecified atom stereocenters. The highest BCUT2D eigenvalue weighted by Crippen LogP contribution is 2.52. The number of rotatable bonds is 85. The van der Waals surface area contributed by atoms with E-state index < -0.39 is 27.8 Å². The van der Waals surface area contributed by atoms with E-state index in [9.17, 15) is 48.7 Å². The summed E-state index contributed by atoms with van der Waals surface area (Å²) in [6.07, 6.45) is 34.3. The molecule has 2 aromatic carbocycles. The van der Waals surface area contributed by atoms with Gasteiger partial charge in [0.15, 0.2) is 20.0 Å². The molecule has 33 nitrogen and oxygen atoms in total. The van der Waals surface area contributed by atoms with Crippen LogP contribution in [-0.2, 0) is 94.7 Å². The Hall–Kier alpha value is -8.88. The van der Waals surface area contributed by atoms with E-state index in [2.05, 4.69) is 137 Å². The molecule has 776 valence electrons. The third kappa shape index (κ3) is 66.5. The monoisotopic (exact) mass is 1980 g/mol. The normalized spacial score (nSPS) is 11.5. The van der Waals surface area contributed by atoms with Crippen molar-refractivity contribution in [1.29, 1.82) is 5.26 Å². The van der Waals surface area contributed by atoms with Gasteiger partial charge >= 0.3 is 8.53 Å². The molecule has 0 aromatic heterocycles. The highest BCUT2D eigenvalue weighted by Gasteiger charge is 2.40. The van der Waals surface area contributed by atoms with Gasteiger partial charge in [-0.15, -0.1) is 38.5 Å². The number of ether oxygens (including phenoxy) is 12. The van der Waals surface area contributed by atoms with Crippen LogP contribution < -0.4 is 25.8 Å². The van der Waals surface area contributed by atoms with E-state index in [1.165, 1.54) is 12.1 Å². The summed E-state index contributed by atoms with van der Waals surface area (Å²) in [6.45, 7) is 41.7. The number of terminal acetylenes is 6. The Morgan fingerprint density at radius 2 is 0.676 bits per heavy atom. The zero-order valence-corrected chi connectivity index (χ0v) is 86.7. The zero-order valence-electron chi connectivity index (χ0n) is 84.9. The number of benzene rings is 2. The maximum atomic E-state index is 14.7. The number of ketones is 4. The van der Waals surface area contributed by atoms with Gasteiger partial charge in [-0.05, 0) is 170 Å². The lowest BCUT2D eigenvalue weighted by molar-refractivity contribution is -0.124. The van der Waals surface area contributed by atoms with Crippen molar-refractivity contribution in [2.75, 3.05) is 205 Å². The Balaban J connectivity index is 0.00000232. The van der Waals surface area contributed by atoms with Crippen LogP contribution in [0.3, 0.4) is 0 Å². The third-order valence-electron chi connectivity index (χ3n) is 20.7. The summed E-state index contributed by atoms with van der Waals surface area (Å²) in [5.74, 6) is 12.7. The molecular weight excluding hydrogens is 1820 g/mol. The molecule has 0 aliphatic heterocycles. The number of nitrogens with one attached hydrogen (secondary N) is 4. The number of carbonyl (C=O) groups is 8. The van der Waals surface area contributed by atoms with Crippen LogP contribution in [0.1, 0.15) is 226 Å². The molecule has 0 heterocycles. The number of nitrogens with zero attached hydrogens (tertiary/aromatic N) is 5. The van der Waals surface area contributed by atoms with Crippen LogP contribution in [0.2, 0.25) is 0 Å². The summed E-state index contributed by atoms with van der Waals surface area (Å²) in [5.41, 5.74) is -1.46. The quantitative estimate of drug-likeness (QED) is 0.0135. The van der Waals surface area contributed by atoms with E-state index in [-0.39, 0.29) is 278 Å². The lowest BCUT2D eigenvalue weighted by Crippen LogP contribution is -2.43. The molecule has 4 amide bonds. The Morgan fingerprint density at radius 3 is 0.986 bits per heavy atom. The Bertz CT molecular complexity index is 3780. The van der Waals surface area contributed by atoms with Crippen LogP contribution in [0.5, 0.6) is 11.5 Å². The van der Waals surface area contributed by atoms with Crippen molar-refractivity contribution in [1.82, 2.24) is 35.3 Å². The molecule has 2 rings (SSSR count). The van der Waals surface area contributed by atoms with Crippen molar-refractivity contribution in [2.24, 2.45) is 10.8 Å². The van der Waals surface area contributed by atoms with Gasteiger partial charge in [-0.25, -0.2) is 20.6 Å². The highest BCUT2D eigenvalue weighted by atomic mass is 31.2. The zero-order chi connectivity index (χ0) is 103. The summed E-state index contributed by atoms with van der Waals surface area (Å²) in [7, 11) is -2.58. The summed E-state index contributed by atoms with van der Waals surface area (Å²) in [5, 5.41) is 31.1. The van der Waals surface area contributed by atoms with Crippen LogP contribution in [0, 0.1) is 103 Å². The van der Waals surface area contributed by atoms with Gasteiger partial charge in [0, 0.05) is 140 Å². The van der Waals surface area contributed by atoms with Gasteiger partial charge < -0.3 is 102 Å². The Labute approximate surface area is 833 Å². The van der Waals surface area contributed by atoms with Crippen molar-refractivity contribution in [2.45, 2.75) is 241 Å². The number of carbonyl (C=O) groups excluding carboxylic acids is 8. The van der Waals surface area contributed by atoms with Crippen molar-refractivity contribution >= 4 is 63.7 Å². The van der Waals surface area contributed by atoms with Gasteiger partial charge in [0.25, 0.3) is 0 Å². The molecule has 0 aliphatic rings. The fourth-order valence-corrected chi connectivity index (χ4v) is 18.2. The summed E-state index contributed by atoms with van der Waals surface area (Å²) < 4.78 is 90.0. The standard InChI is InChI=1S/C49H73N4O12P.C40H56N2O11.C15H32N3OP/c1-8-27-58-34-37-61-30-13-15-43(54)18-21-49(22-19-47(56)51-25-32-62-38-35-59-28-9-2,23-20-48(57)52-26-33-63-39-36-60-29-10-3)40-45(55)44-16-11-12-17-46(44)65-66(64-31-14-24-50)53(41(4)5)42(6)7;1-4-21-48-27-30-51-24-9-10-34(43)13-16-40(33-37(45)35-11-7-8-12-36(35)44,17-14-38(46)41-19-25-52-31-28-49-22-5-2)18-15-39(47)42-20-26-53-32-29-50-23-6-3;1-12(2)17(13(3)4)20(19-11-10-16-9)18(14(5)6)15(7)8/h1-3,11-12,16-17,41-42H,13-15,18-23,25-40H2,4-7H3,(H,51,56)(H,52,57);1-3,7-8,11-12,44H,9-10,13-33H2,(H,41,46)(H,42,47);12-15H,10-11H2,1-8H3. The first-order valence-electron chi connectivity index (χ1n) is 48.1. The molecule has 2 aromatic rings. The first-order chi connectivity index (χ1) is 66.9. The molecule has 1 atom stereocenters. The SMILES string of the molecule is C#CCOCCOCCCC(=O)CCC(CCC(=O)NCCOCCOCC#C)(CCC(=O)NCCOCCOCC#C)CC(=O)c1ccccc1O.C#CCOCCOCCCC(=O)CCC(CCC(=O)NCCOCCOCC#C)(CCC(=O)NCCOCCOCC#C)CC(=O)c1ccccc1OP(OCCC#N)N(C(C)C)C(C)C.[C-]#[N+]CCOP(N(C(C)C)C(C)C)N(C(C)C)C(C)C. The molecule has 0 saturated carbocycles. The molecule has 139 heavy (non-hydrogen) atoms. The number of hydrogen-bond acceptors (Lipinski definition) is 28. The molecule has 0 aliphatic carbocycles. The van der Waals surface area contributed by atoms with Crippen LogP contribution in [0.4, 0.5) is 0 Å². The number of phenols is 1. The van der Waals surface area contributed by atoms with Crippen LogP contribution >= 0.6 is 17.0 Å². The first-order valence-corrected chi connectivity index (χ1v) is 50.4. The Kier molecular flexibility index (Phi) is 80.4. The summed E-state index contributed by atoms with van der Waals surface area (Å²) in [6, 6.07) is 16.9. The van der Waals surface area contributed by atoms with Gasteiger partial charge in [-0.2, -0.15) is 5.26 Å². The van der Waals surface area contributed by atoms with E-state index in [1.54, 1.807) is 36.4 Å². The van der Waals surface area contributed by atoms with Gasteiger partial charge in [-0.1, -0.05) is 59.8 Å². The summed E-state index contributed by atoms with van der Waals surface area (Å²) >= 11 is 0. The van der Waals surface area contributed by atoms with Gasteiger partial charge in [0.1, 0.15) is 69.3 Å². The van der Waals surface area contributed by atoms with E-state index in [0.717, 1.165) is 0 Å². The van der Waals surface area contributed by atoms with E-state index >= 15 is 0 Å². The molecule has 5 N–H and O–H groups in total. The fraction of sp³-hybridized carbons (Fsp3) is 0.673. The van der Waals surface area contributed by atoms with E-state index in [1.807, 2.05) is 27.7 Å². The molecule has 0 radical (unpaired) electrons. The number of Topliss-reactive ketones (excluding diaryl/α,β-unsaturated/α-hetero) is 4. The predicted octanol–water partition coefficient (Wildman–Crippen LogP) is 13.1. The van der Waals surface area contributed by atoms with Crippen LogP contribution in [0.15, 0.2) is 48.5 Å². The molecule has 35 heteroatoms. The van der Waals surface area contributed by atoms with Gasteiger partial charge in [-0.3, -0.25) is 38.4 Å². The molecular formula is C104H161N9O24P2. The molecule has 0 fully saturated rings. The minimum Gasteiger partial charge on any atom is -0.507 e. The third-order valence-corrected chi connectivity index (χ3v) is 25.8. The number of para-hydroxylation sites is 2. The minimum atomic E-state index is -1.75. The van der Waals surface area contributed by atoms with Crippen molar-refractivity contribution < 1.29 is 114 Å². The largest absolute Gasteiger partial charge is 0.507 e. The van der Waals surface area contributed by atoms with Gasteiger partial charge in [0.2, 0.25) is 30.2 Å². The number of phenolic OH excluding ortho intramolecular Hbond substituents is 1. The average Bonchev–Trinajstić information content (AvgIpc) is 0.845. The van der Waals surface area contributed by atoms with Crippen molar-refractivity contribution in [3.8, 4) is 91.6 Å². The smallest absolute Gasteiger partial charge is 0.321 e. The van der Waals surface area contributed by atoms with Gasteiger partial charge in [0.05, 0.1) is 136 Å². The highest BCUT2D eigenvalue weighted by molar-refractivity contribution is 7.47. The predicted molar refractivity (Wildman–Crippen MR) is 540 cm³/mol. The maximum absolute atomic E-state index is 14.7. The maximum Gasteiger partial charge on any atom is 0.321 e. The number of amides is 4. The van der Waals surface area contributed by atoms with Crippen molar-refractivity contribution in [3.05, 3.63) is 71.1 Å². The minimum absolute atomic E-state index is 0.0157. The average molecular weight is 1980 g/mol. The van der Waals surface area contributed by atoms with Crippen LogP contribution in [-0.4, -0.2) is 307 Å². The topological polar surface area (TPSA) is 381 Å². The second kappa shape index (κ2) is 85.9. The molecule has 0 bridgehead atoms. The van der Waals surface area contributed by atoms with Crippen LogP contribution in [0.25, 0.3) is 4.85 Å². The first kappa shape index (κ1) is 130. The Morgan fingerprint density at radius 1 is 0.381 bits per heavy atom. The van der Waals surface area contributed by atoms with Crippen molar-refractivity contribution in [3.63, 3.8) is 0 Å². The number of aromatic hydroxyl groups is 1. The molecule has 0 saturated heterocycles.